The van der Waals surface area contributed by atoms with Crippen molar-refractivity contribution in [3.8, 4) is 0 Å². The number of hydrogen-bond donors (Lipinski definition) is 2. The summed E-state index contributed by atoms with van der Waals surface area (Å²) in [6.07, 6.45) is 6.33. The Morgan fingerprint density at radius 2 is 2.09 bits per heavy atom. The minimum absolute atomic E-state index is 0.0637. The second-order valence-electron chi connectivity index (χ2n) is 7.65. The van der Waals surface area contributed by atoms with Gasteiger partial charge in [0.1, 0.15) is 0 Å². The molecule has 5 nitrogen and oxygen atoms in total. The van der Waals surface area contributed by atoms with Crippen molar-refractivity contribution in [2.24, 2.45) is 17.1 Å². The van der Waals surface area contributed by atoms with Gasteiger partial charge >= 0.3 is 0 Å². The smallest absolute Gasteiger partial charge is 0.291 e. The van der Waals surface area contributed by atoms with E-state index in [4.69, 9.17) is 5.73 Å². The van der Waals surface area contributed by atoms with Gasteiger partial charge in [-0.3, -0.25) is 4.79 Å². The van der Waals surface area contributed by atoms with Crippen molar-refractivity contribution < 1.29 is 0 Å². The molecule has 1 aromatic rings. The number of aromatic amines is 1. The summed E-state index contributed by atoms with van der Waals surface area (Å²) in [5, 5.41) is 0. The lowest BCUT2D eigenvalue weighted by Crippen LogP contribution is -2.48. The van der Waals surface area contributed by atoms with Crippen molar-refractivity contribution in [2.45, 2.75) is 58.4 Å². The zero-order valence-corrected chi connectivity index (χ0v) is 13.9. The van der Waals surface area contributed by atoms with E-state index in [0.717, 1.165) is 44.0 Å². The van der Waals surface area contributed by atoms with E-state index in [2.05, 4.69) is 35.6 Å². The molecule has 2 atom stereocenters. The van der Waals surface area contributed by atoms with Crippen LogP contribution < -0.4 is 16.2 Å². The molecule has 1 spiro atoms. The van der Waals surface area contributed by atoms with Gasteiger partial charge < -0.3 is 15.6 Å². The summed E-state index contributed by atoms with van der Waals surface area (Å²) in [5.74, 6) is 1.59. The molecule has 0 bridgehead atoms. The Hall–Kier alpha value is -1.36. The molecule has 1 saturated carbocycles. The predicted molar refractivity (Wildman–Crippen MR) is 89.2 cm³/mol. The van der Waals surface area contributed by atoms with Gasteiger partial charge in [-0.05, 0) is 42.9 Å². The standard InChI is InChI=1S/C17H28N4O/c1-11(2)13-10-19-15(16(22)20-13)21-6-4-17(5-7-21)9-12(3)8-14(17)18/h10-12,14H,4-9,18H2,1-3H3,(H,20,22)/t12-,14-/m1/s1. The van der Waals surface area contributed by atoms with Gasteiger partial charge in [0.25, 0.3) is 5.56 Å². The monoisotopic (exact) mass is 304 g/mol. The molecule has 3 rings (SSSR count). The largest absolute Gasteiger partial charge is 0.352 e. The Morgan fingerprint density at radius 3 is 2.59 bits per heavy atom. The van der Waals surface area contributed by atoms with Crippen molar-refractivity contribution in [1.82, 2.24) is 9.97 Å². The summed E-state index contributed by atoms with van der Waals surface area (Å²) in [6.45, 7) is 8.19. The van der Waals surface area contributed by atoms with E-state index in [1.54, 1.807) is 6.20 Å². The van der Waals surface area contributed by atoms with E-state index in [9.17, 15) is 4.79 Å². The normalized spacial score (nSPS) is 27.8. The highest BCUT2D eigenvalue weighted by atomic mass is 16.1. The zero-order chi connectivity index (χ0) is 15.9. The number of H-pyrrole nitrogens is 1. The first-order valence-electron chi connectivity index (χ1n) is 8.51. The number of nitrogens with one attached hydrogen (secondary N) is 1. The summed E-state index contributed by atoms with van der Waals surface area (Å²) < 4.78 is 0. The summed E-state index contributed by atoms with van der Waals surface area (Å²) in [4.78, 5) is 21.8. The van der Waals surface area contributed by atoms with E-state index in [1.165, 1.54) is 6.42 Å². The fourth-order valence-electron chi connectivity index (χ4n) is 4.28. The zero-order valence-electron chi connectivity index (χ0n) is 13.9. The minimum Gasteiger partial charge on any atom is -0.352 e. The van der Waals surface area contributed by atoms with Crippen LogP contribution in [-0.2, 0) is 0 Å². The highest BCUT2D eigenvalue weighted by Gasteiger charge is 2.45. The molecule has 1 aliphatic heterocycles. The SMILES string of the molecule is CC(C)c1cnc(N2CCC3(CC2)C[C@H](C)C[C@H]3N)c(=O)[nH]1. The number of piperidine rings is 1. The second-order valence-corrected chi connectivity index (χ2v) is 7.65. The van der Waals surface area contributed by atoms with Gasteiger partial charge in [-0.15, -0.1) is 0 Å². The maximum absolute atomic E-state index is 12.3. The molecule has 0 aromatic carbocycles. The van der Waals surface area contributed by atoms with Gasteiger partial charge in [-0.25, -0.2) is 4.98 Å². The Morgan fingerprint density at radius 1 is 1.41 bits per heavy atom. The number of aromatic nitrogens is 2. The highest BCUT2D eigenvalue weighted by molar-refractivity contribution is 5.37. The first-order valence-corrected chi connectivity index (χ1v) is 8.51. The summed E-state index contributed by atoms with van der Waals surface area (Å²) in [5.41, 5.74) is 7.53. The van der Waals surface area contributed by atoms with Crippen molar-refractivity contribution in [3.05, 3.63) is 22.2 Å². The van der Waals surface area contributed by atoms with Crippen molar-refractivity contribution in [1.29, 1.82) is 0 Å². The average Bonchev–Trinajstić information content (AvgIpc) is 2.74. The van der Waals surface area contributed by atoms with Crippen LogP contribution in [0.2, 0.25) is 0 Å². The molecule has 1 aliphatic carbocycles. The molecule has 122 valence electrons. The molecule has 1 aromatic heterocycles. The fourth-order valence-corrected chi connectivity index (χ4v) is 4.28. The Bertz CT molecular complexity index is 587. The predicted octanol–water partition coefficient (Wildman–Crippen LogP) is 2.24. The van der Waals surface area contributed by atoms with E-state index in [0.29, 0.717) is 17.3 Å². The van der Waals surface area contributed by atoms with Crippen LogP contribution in [0.1, 0.15) is 58.1 Å². The third kappa shape index (κ3) is 2.67. The van der Waals surface area contributed by atoms with Crippen LogP contribution >= 0.6 is 0 Å². The lowest BCUT2D eigenvalue weighted by molar-refractivity contribution is 0.192. The maximum atomic E-state index is 12.3. The summed E-state index contributed by atoms with van der Waals surface area (Å²) >= 11 is 0. The first-order chi connectivity index (χ1) is 10.4. The van der Waals surface area contributed by atoms with Crippen molar-refractivity contribution in [2.75, 3.05) is 18.0 Å². The van der Waals surface area contributed by atoms with Crippen LogP contribution in [0.3, 0.4) is 0 Å². The van der Waals surface area contributed by atoms with Crippen LogP contribution in [-0.4, -0.2) is 29.1 Å². The molecule has 2 fully saturated rings. The van der Waals surface area contributed by atoms with E-state index >= 15 is 0 Å². The van der Waals surface area contributed by atoms with Gasteiger partial charge in [0.05, 0.1) is 0 Å². The van der Waals surface area contributed by atoms with Crippen LogP contribution in [0, 0.1) is 11.3 Å². The molecule has 2 heterocycles. The Kier molecular flexibility index (Phi) is 4.02. The van der Waals surface area contributed by atoms with Gasteiger partial charge in [0.2, 0.25) is 0 Å². The molecular weight excluding hydrogens is 276 g/mol. The van der Waals surface area contributed by atoms with Crippen molar-refractivity contribution >= 4 is 5.82 Å². The minimum atomic E-state index is -0.0637. The van der Waals surface area contributed by atoms with Gasteiger partial charge in [0, 0.05) is 31.0 Å². The quantitative estimate of drug-likeness (QED) is 0.878. The third-order valence-corrected chi connectivity index (χ3v) is 5.67. The highest BCUT2D eigenvalue weighted by Crippen LogP contribution is 2.48. The number of rotatable bonds is 2. The van der Waals surface area contributed by atoms with Crippen molar-refractivity contribution in [3.63, 3.8) is 0 Å². The second kappa shape index (κ2) is 5.69. The molecule has 5 heteroatoms. The van der Waals surface area contributed by atoms with Crippen LogP contribution in [0.5, 0.6) is 0 Å². The first kappa shape index (κ1) is 15.5. The topological polar surface area (TPSA) is 75.0 Å². The number of nitrogens with zero attached hydrogens (tertiary/aromatic N) is 2. The lowest BCUT2D eigenvalue weighted by Gasteiger charge is -2.42. The van der Waals surface area contributed by atoms with E-state index in [1.807, 2.05) is 0 Å². The Balaban J connectivity index is 1.73. The molecule has 0 radical (unpaired) electrons. The summed E-state index contributed by atoms with van der Waals surface area (Å²) in [6, 6.07) is 0.319. The molecule has 0 unspecified atom stereocenters. The van der Waals surface area contributed by atoms with Gasteiger partial charge in [-0.1, -0.05) is 20.8 Å². The van der Waals surface area contributed by atoms with E-state index < -0.39 is 0 Å². The molecule has 3 N–H and O–H groups in total. The summed E-state index contributed by atoms with van der Waals surface area (Å²) in [7, 11) is 0. The lowest BCUT2D eigenvalue weighted by atomic mass is 9.74. The molecule has 1 saturated heterocycles. The molecule has 0 amide bonds. The van der Waals surface area contributed by atoms with Crippen LogP contribution in [0.4, 0.5) is 5.82 Å². The maximum Gasteiger partial charge on any atom is 0.291 e. The molecular formula is C17H28N4O. The molecule has 2 aliphatic rings. The van der Waals surface area contributed by atoms with Gasteiger partial charge in [-0.2, -0.15) is 0 Å². The number of anilines is 1. The number of nitrogens with two attached hydrogens (primary N) is 1. The van der Waals surface area contributed by atoms with E-state index in [-0.39, 0.29) is 11.5 Å². The fraction of sp³-hybridized carbons (Fsp3) is 0.765. The molecule has 22 heavy (non-hydrogen) atoms. The van der Waals surface area contributed by atoms with Gasteiger partial charge in [0.15, 0.2) is 5.82 Å². The number of hydrogen-bond acceptors (Lipinski definition) is 4. The van der Waals surface area contributed by atoms with Crippen LogP contribution in [0.15, 0.2) is 11.0 Å². The van der Waals surface area contributed by atoms with Crippen LogP contribution in [0.25, 0.3) is 0 Å². The third-order valence-electron chi connectivity index (χ3n) is 5.67. The Labute approximate surface area is 132 Å². The average molecular weight is 304 g/mol.